The van der Waals surface area contributed by atoms with Crippen LogP contribution in [0.1, 0.15) is 11.4 Å². The molecular weight excluding hydrogens is 168 g/mol. The maximum Gasteiger partial charge on any atom is 0.280 e. The van der Waals surface area contributed by atoms with Crippen LogP contribution >= 0.6 is 0 Å². The lowest BCUT2D eigenvalue weighted by molar-refractivity contribution is 0.900. The Morgan fingerprint density at radius 1 is 1.54 bits per heavy atom. The summed E-state index contributed by atoms with van der Waals surface area (Å²) in [5.41, 5.74) is 1.91. The van der Waals surface area contributed by atoms with Crippen LogP contribution in [-0.2, 0) is 0 Å². The molecule has 5 nitrogen and oxygen atoms in total. The van der Waals surface area contributed by atoms with Gasteiger partial charge in [-0.3, -0.25) is 9.89 Å². The molecule has 2 aromatic rings. The van der Waals surface area contributed by atoms with Gasteiger partial charge in [0.05, 0.1) is 10.9 Å². The second kappa shape index (κ2) is 2.35. The van der Waals surface area contributed by atoms with Crippen LogP contribution in [0.15, 0.2) is 10.9 Å². The normalized spacial score (nSPS) is 10.9. The third kappa shape index (κ3) is 0.932. The fourth-order valence-corrected chi connectivity index (χ4v) is 1.37. The number of nitrogens with two attached hydrogens (primary N) is 1. The summed E-state index contributed by atoms with van der Waals surface area (Å²) in [6.45, 7) is 3.57. The van der Waals surface area contributed by atoms with Crippen molar-refractivity contribution in [2.24, 2.45) is 0 Å². The number of rotatable bonds is 0. The van der Waals surface area contributed by atoms with Crippen molar-refractivity contribution < 1.29 is 0 Å². The van der Waals surface area contributed by atoms with E-state index in [0.29, 0.717) is 16.6 Å². The van der Waals surface area contributed by atoms with Gasteiger partial charge in [0, 0.05) is 11.4 Å². The largest absolute Gasteiger partial charge is 0.336 e. The fraction of sp³-hybridized carbons (Fsp3) is 0.250. The highest BCUT2D eigenvalue weighted by atomic mass is 16.1. The highest BCUT2D eigenvalue weighted by Crippen LogP contribution is 2.10. The number of hydrogen-bond donors (Lipinski definition) is 2. The molecule has 0 aliphatic rings. The molecule has 0 radical (unpaired) electrons. The van der Waals surface area contributed by atoms with E-state index in [2.05, 4.69) is 10.2 Å². The Labute approximate surface area is 74.1 Å². The van der Waals surface area contributed by atoms with Crippen molar-refractivity contribution in [1.29, 1.82) is 0 Å². The van der Waals surface area contributed by atoms with Crippen molar-refractivity contribution in [2.45, 2.75) is 13.8 Å². The standard InChI is InChI=1S/C8H10N4O/c1-4-3-6-7(5(2)10-11-6)8(13)12(4)9/h3H,9H2,1-2H3,(H,10,11). The predicted octanol–water partition coefficient (Wildman–Crippen LogP) is 0.0552. The summed E-state index contributed by atoms with van der Waals surface area (Å²) in [5, 5.41) is 7.30. The Kier molecular flexibility index (Phi) is 1.42. The molecule has 0 saturated carbocycles. The molecule has 0 aliphatic carbocycles. The third-order valence-electron chi connectivity index (χ3n) is 2.13. The van der Waals surface area contributed by atoms with Gasteiger partial charge < -0.3 is 5.84 Å². The van der Waals surface area contributed by atoms with Crippen molar-refractivity contribution in [2.75, 3.05) is 5.84 Å². The van der Waals surface area contributed by atoms with Crippen LogP contribution in [0.2, 0.25) is 0 Å². The quantitative estimate of drug-likeness (QED) is 0.560. The summed E-state index contributed by atoms with van der Waals surface area (Å²) >= 11 is 0. The zero-order valence-electron chi connectivity index (χ0n) is 7.46. The molecular formula is C8H10N4O. The van der Waals surface area contributed by atoms with Gasteiger partial charge in [-0.05, 0) is 19.9 Å². The lowest BCUT2D eigenvalue weighted by Crippen LogP contribution is -2.29. The van der Waals surface area contributed by atoms with E-state index in [4.69, 9.17) is 5.84 Å². The minimum absolute atomic E-state index is 0.207. The van der Waals surface area contributed by atoms with Crippen LogP contribution in [-0.4, -0.2) is 14.9 Å². The van der Waals surface area contributed by atoms with E-state index in [9.17, 15) is 4.79 Å². The first-order valence-corrected chi connectivity index (χ1v) is 3.93. The summed E-state index contributed by atoms with van der Waals surface area (Å²) in [7, 11) is 0. The molecule has 0 unspecified atom stereocenters. The monoisotopic (exact) mass is 178 g/mol. The summed E-state index contributed by atoms with van der Waals surface area (Å²) in [4.78, 5) is 11.6. The second-order valence-corrected chi connectivity index (χ2v) is 3.07. The molecule has 0 saturated heterocycles. The lowest BCUT2D eigenvalue weighted by atomic mass is 10.2. The fourth-order valence-electron chi connectivity index (χ4n) is 1.37. The van der Waals surface area contributed by atoms with E-state index in [1.165, 1.54) is 0 Å². The van der Waals surface area contributed by atoms with Gasteiger partial charge in [0.15, 0.2) is 0 Å². The van der Waals surface area contributed by atoms with E-state index in [1.54, 1.807) is 19.9 Å². The van der Waals surface area contributed by atoms with Gasteiger partial charge in [-0.1, -0.05) is 0 Å². The average molecular weight is 178 g/mol. The van der Waals surface area contributed by atoms with Gasteiger partial charge in [0.25, 0.3) is 5.56 Å². The van der Waals surface area contributed by atoms with E-state index >= 15 is 0 Å². The minimum Gasteiger partial charge on any atom is -0.336 e. The topological polar surface area (TPSA) is 76.7 Å². The molecule has 0 bridgehead atoms. The summed E-state index contributed by atoms with van der Waals surface area (Å²) in [5.74, 6) is 5.54. The molecule has 0 spiro atoms. The van der Waals surface area contributed by atoms with Crippen LogP contribution in [0, 0.1) is 13.8 Å². The minimum atomic E-state index is -0.207. The lowest BCUT2D eigenvalue weighted by Gasteiger charge is -2.01. The summed E-state index contributed by atoms with van der Waals surface area (Å²) in [6.07, 6.45) is 0. The predicted molar refractivity (Wildman–Crippen MR) is 50.0 cm³/mol. The van der Waals surface area contributed by atoms with Crippen molar-refractivity contribution >= 4 is 10.9 Å². The SMILES string of the molecule is Cc1[nH]nc2cc(C)n(N)c(=O)c12. The summed E-state index contributed by atoms with van der Waals surface area (Å²) in [6, 6.07) is 1.78. The number of aromatic nitrogens is 3. The highest BCUT2D eigenvalue weighted by molar-refractivity contribution is 5.80. The molecule has 2 rings (SSSR count). The van der Waals surface area contributed by atoms with E-state index < -0.39 is 0 Å². The smallest absolute Gasteiger partial charge is 0.280 e. The first kappa shape index (κ1) is 7.85. The number of pyridine rings is 1. The molecule has 3 N–H and O–H groups in total. The van der Waals surface area contributed by atoms with Crippen molar-refractivity contribution in [1.82, 2.24) is 14.9 Å². The van der Waals surface area contributed by atoms with Gasteiger partial charge in [0.2, 0.25) is 0 Å². The van der Waals surface area contributed by atoms with Gasteiger partial charge in [-0.25, -0.2) is 4.68 Å². The van der Waals surface area contributed by atoms with E-state index in [-0.39, 0.29) is 5.56 Å². The summed E-state index contributed by atoms with van der Waals surface area (Å²) < 4.78 is 1.13. The molecule has 0 fully saturated rings. The first-order valence-electron chi connectivity index (χ1n) is 3.93. The molecule has 2 heterocycles. The van der Waals surface area contributed by atoms with Crippen molar-refractivity contribution in [3.05, 3.63) is 27.8 Å². The number of hydrogen-bond acceptors (Lipinski definition) is 3. The van der Waals surface area contributed by atoms with E-state index in [0.717, 1.165) is 10.4 Å². The molecule has 0 aliphatic heterocycles. The highest BCUT2D eigenvalue weighted by Gasteiger charge is 2.08. The van der Waals surface area contributed by atoms with Crippen molar-refractivity contribution in [3.8, 4) is 0 Å². The number of nitrogen functional groups attached to an aromatic ring is 1. The molecule has 68 valence electrons. The molecule has 0 aromatic carbocycles. The maximum absolute atomic E-state index is 11.6. The Morgan fingerprint density at radius 2 is 2.23 bits per heavy atom. The Morgan fingerprint density at radius 3 is 2.92 bits per heavy atom. The molecule has 5 heteroatoms. The van der Waals surface area contributed by atoms with Crippen molar-refractivity contribution in [3.63, 3.8) is 0 Å². The Bertz CT molecular complexity index is 523. The van der Waals surface area contributed by atoms with Crippen LogP contribution in [0.25, 0.3) is 10.9 Å². The van der Waals surface area contributed by atoms with Gasteiger partial charge >= 0.3 is 0 Å². The van der Waals surface area contributed by atoms with Gasteiger partial charge in [-0.2, -0.15) is 5.10 Å². The number of aryl methyl sites for hydroxylation is 2. The maximum atomic E-state index is 11.6. The van der Waals surface area contributed by atoms with Crippen LogP contribution in [0.4, 0.5) is 0 Å². The molecule has 2 aromatic heterocycles. The third-order valence-corrected chi connectivity index (χ3v) is 2.13. The Balaban J connectivity index is 3.06. The van der Waals surface area contributed by atoms with E-state index in [1.807, 2.05) is 0 Å². The number of H-pyrrole nitrogens is 1. The number of fused-ring (bicyclic) bond motifs is 1. The number of nitrogens with one attached hydrogen (secondary N) is 1. The van der Waals surface area contributed by atoms with Gasteiger partial charge in [0.1, 0.15) is 0 Å². The zero-order valence-corrected chi connectivity index (χ0v) is 7.46. The zero-order chi connectivity index (χ0) is 9.59. The average Bonchev–Trinajstić information content (AvgIpc) is 2.43. The van der Waals surface area contributed by atoms with Gasteiger partial charge in [-0.15, -0.1) is 0 Å². The van der Waals surface area contributed by atoms with Crippen LogP contribution in [0.5, 0.6) is 0 Å². The van der Waals surface area contributed by atoms with Crippen LogP contribution in [0.3, 0.4) is 0 Å². The molecule has 0 atom stereocenters. The molecule has 0 amide bonds. The number of aromatic amines is 1. The Hall–Kier alpha value is -1.78. The van der Waals surface area contributed by atoms with Crippen LogP contribution < -0.4 is 11.4 Å². The first-order chi connectivity index (χ1) is 6.11. The molecule has 13 heavy (non-hydrogen) atoms. The second-order valence-electron chi connectivity index (χ2n) is 3.07. The number of nitrogens with zero attached hydrogens (tertiary/aromatic N) is 2.